The number of nitrogens with zero attached hydrogens (tertiary/aromatic N) is 3. The van der Waals surface area contributed by atoms with E-state index in [4.69, 9.17) is 4.52 Å². The molecule has 2 heterocycles. The molecule has 0 radical (unpaired) electrons. The molecule has 5 nitrogen and oxygen atoms in total. The molecule has 0 fully saturated rings. The van der Waals surface area contributed by atoms with Gasteiger partial charge < -0.3 is 4.52 Å². The Morgan fingerprint density at radius 2 is 2.08 bits per heavy atom. The van der Waals surface area contributed by atoms with E-state index in [-0.39, 0.29) is 5.56 Å². The second-order valence-corrected chi connectivity index (χ2v) is 2.97. The minimum Gasteiger partial charge on any atom is -0.335 e. The van der Waals surface area contributed by atoms with Gasteiger partial charge in [0, 0.05) is 7.05 Å². The summed E-state index contributed by atoms with van der Waals surface area (Å²) in [5, 5.41) is 4.15. The van der Waals surface area contributed by atoms with Gasteiger partial charge in [0.15, 0.2) is 0 Å². The maximum absolute atomic E-state index is 11.7. The number of aryl methyl sites for hydroxylation is 2. The molecule has 0 saturated heterocycles. The first-order valence-electron chi connectivity index (χ1n) is 3.91. The van der Waals surface area contributed by atoms with Gasteiger partial charge in [0.1, 0.15) is 11.2 Å². The second kappa shape index (κ2) is 2.42. The average molecular weight is 179 g/mol. The number of fused-ring (bicyclic) bond motifs is 1. The molecule has 0 aromatic carbocycles. The van der Waals surface area contributed by atoms with Crippen molar-refractivity contribution in [2.75, 3.05) is 0 Å². The fourth-order valence-corrected chi connectivity index (χ4v) is 1.22. The lowest BCUT2D eigenvalue weighted by Gasteiger charge is -1.99. The van der Waals surface area contributed by atoms with Gasteiger partial charge in [0.05, 0.1) is 5.69 Å². The third-order valence-corrected chi connectivity index (χ3v) is 2.11. The third-order valence-electron chi connectivity index (χ3n) is 2.11. The maximum atomic E-state index is 11.7. The van der Waals surface area contributed by atoms with Crippen LogP contribution >= 0.6 is 0 Å². The van der Waals surface area contributed by atoms with E-state index in [0.29, 0.717) is 22.6 Å². The number of hydrogen-bond donors (Lipinski definition) is 0. The molecular weight excluding hydrogens is 170 g/mol. The van der Waals surface area contributed by atoms with Gasteiger partial charge in [-0.1, -0.05) is 5.16 Å². The van der Waals surface area contributed by atoms with Crippen molar-refractivity contribution in [3.63, 3.8) is 0 Å². The zero-order chi connectivity index (χ0) is 9.59. The highest BCUT2D eigenvalue weighted by atomic mass is 16.5. The first-order valence-corrected chi connectivity index (χ1v) is 3.91. The first-order chi connectivity index (χ1) is 6.11. The van der Waals surface area contributed by atoms with Gasteiger partial charge in [-0.2, -0.15) is 4.98 Å². The van der Waals surface area contributed by atoms with E-state index < -0.39 is 0 Å². The molecule has 13 heavy (non-hydrogen) atoms. The molecule has 2 aromatic rings. The predicted molar refractivity (Wildman–Crippen MR) is 46.5 cm³/mol. The second-order valence-electron chi connectivity index (χ2n) is 2.97. The van der Waals surface area contributed by atoms with Gasteiger partial charge in [0.2, 0.25) is 0 Å². The summed E-state index contributed by atoms with van der Waals surface area (Å²) in [5.74, 6) is 0.619. The quantitative estimate of drug-likeness (QED) is 0.592. The first kappa shape index (κ1) is 7.97. The summed E-state index contributed by atoms with van der Waals surface area (Å²) < 4.78 is 6.37. The van der Waals surface area contributed by atoms with Crippen molar-refractivity contribution in [3.8, 4) is 0 Å². The fraction of sp³-hybridized carbons (Fsp3) is 0.375. The van der Waals surface area contributed by atoms with E-state index in [1.54, 1.807) is 20.9 Å². The Morgan fingerprint density at radius 3 is 2.77 bits per heavy atom. The van der Waals surface area contributed by atoms with Crippen LogP contribution in [0.2, 0.25) is 0 Å². The van der Waals surface area contributed by atoms with Crippen LogP contribution in [-0.2, 0) is 7.05 Å². The van der Waals surface area contributed by atoms with Crippen molar-refractivity contribution in [3.05, 3.63) is 21.9 Å². The van der Waals surface area contributed by atoms with E-state index in [2.05, 4.69) is 10.1 Å². The summed E-state index contributed by atoms with van der Waals surface area (Å²) in [4.78, 5) is 15.7. The number of rotatable bonds is 0. The van der Waals surface area contributed by atoms with Crippen molar-refractivity contribution in [2.24, 2.45) is 7.05 Å². The smallest absolute Gasteiger partial charge is 0.266 e. The molecule has 0 atom stereocenters. The molecule has 68 valence electrons. The lowest BCUT2D eigenvalue weighted by molar-refractivity contribution is 0.441. The van der Waals surface area contributed by atoms with Crippen LogP contribution in [0.3, 0.4) is 0 Å². The predicted octanol–water partition coefficient (Wildman–Crippen LogP) is 0.538. The molecular formula is C8H9N3O2. The maximum Gasteiger partial charge on any atom is 0.266 e. The van der Waals surface area contributed by atoms with Crippen molar-refractivity contribution in [2.45, 2.75) is 13.8 Å². The zero-order valence-electron chi connectivity index (χ0n) is 7.66. The Labute approximate surface area is 74.0 Å². The van der Waals surface area contributed by atoms with E-state index >= 15 is 0 Å². The highest BCUT2D eigenvalue weighted by molar-refractivity contribution is 5.74. The lowest BCUT2D eigenvalue weighted by atomic mass is 10.3. The molecule has 2 rings (SSSR count). The summed E-state index contributed by atoms with van der Waals surface area (Å²) in [5.41, 5.74) is 0.794. The van der Waals surface area contributed by atoms with E-state index in [1.807, 2.05) is 0 Å². The topological polar surface area (TPSA) is 60.9 Å². The van der Waals surface area contributed by atoms with E-state index in [9.17, 15) is 4.79 Å². The van der Waals surface area contributed by atoms with Crippen LogP contribution in [0, 0.1) is 13.8 Å². The number of hydrogen-bond acceptors (Lipinski definition) is 4. The molecule has 0 aliphatic heterocycles. The fourth-order valence-electron chi connectivity index (χ4n) is 1.22. The molecule has 0 saturated carbocycles. The van der Waals surface area contributed by atoms with Crippen molar-refractivity contribution >= 4 is 11.1 Å². The zero-order valence-corrected chi connectivity index (χ0v) is 7.66. The van der Waals surface area contributed by atoms with Gasteiger partial charge in [-0.15, -0.1) is 0 Å². The molecule has 2 aromatic heterocycles. The lowest BCUT2D eigenvalue weighted by Crippen LogP contribution is -2.20. The van der Waals surface area contributed by atoms with E-state index in [0.717, 1.165) is 0 Å². The molecule has 0 spiro atoms. The van der Waals surface area contributed by atoms with Crippen LogP contribution in [0.25, 0.3) is 11.1 Å². The van der Waals surface area contributed by atoms with Gasteiger partial charge in [-0.3, -0.25) is 9.36 Å². The van der Waals surface area contributed by atoms with Crippen LogP contribution < -0.4 is 5.56 Å². The average Bonchev–Trinajstić information content (AvgIpc) is 2.43. The molecule has 0 unspecified atom stereocenters. The van der Waals surface area contributed by atoms with Crippen LogP contribution in [0.5, 0.6) is 0 Å². The van der Waals surface area contributed by atoms with Gasteiger partial charge >= 0.3 is 0 Å². The minimum atomic E-state index is -0.110. The Hall–Kier alpha value is -1.65. The monoisotopic (exact) mass is 179 g/mol. The Kier molecular flexibility index (Phi) is 1.48. The molecule has 0 aliphatic carbocycles. The van der Waals surface area contributed by atoms with Crippen molar-refractivity contribution in [1.82, 2.24) is 14.7 Å². The molecule has 5 heteroatoms. The Bertz CT molecular complexity index is 524. The van der Waals surface area contributed by atoms with Gasteiger partial charge in [-0.05, 0) is 13.8 Å². The van der Waals surface area contributed by atoms with E-state index in [1.165, 1.54) is 4.57 Å². The third kappa shape index (κ3) is 0.965. The summed E-state index contributed by atoms with van der Waals surface area (Å²) >= 11 is 0. The summed E-state index contributed by atoms with van der Waals surface area (Å²) in [6, 6.07) is 0. The van der Waals surface area contributed by atoms with Crippen LogP contribution in [0.1, 0.15) is 11.5 Å². The molecule has 0 amide bonds. The largest absolute Gasteiger partial charge is 0.335 e. The summed E-state index contributed by atoms with van der Waals surface area (Å²) in [6.07, 6.45) is 0. The van der Waals surface area contributed by atoms with Crippen LogP contribution in [0.15, 0.2) is 9.32 Å². The van der Waals surface area contributed by atoms with Crippen LogP contribution in [0.4, 0.5) is 0 Å². The SMILES string of the molecule is Cc1noc2nc(C)n(C)c(=O)c12. The van der Waals surface area contributed by atoms with Crippen molar-refractivity contribution in [1.29, 1.82) is 0 Å². The van der Waals surface area contributed by atoms with Crippen LogP contribution in [-0.4, -0.2) is 14.7 Å². The Morgan fingerprint density at radius 1 is 1.38 bits per heavy atom. The summed E-state index contributed by atoms with van der Waals surface area (Å²) in [6.45, 7) is 3.48. The minimum absolute atomic E-state index is 0.110. The molecule has 0 N–H and O–H groups in total. The Balaban J connectivity index is 3.06. The normalized spacial score (nSPS) is 11.0. The standard InChI is InChI=1S/C8H9N3O2/c1-4-6-7(13-10-4)9-5(2)11(3)8(6)12/h1-3H3. The molecule has 0 bridgehead atoms. The molecule has 0 aliphatic rings. The van der Waals surface area contributed by atoms with Gasteiger partial charge in [0.25, 0.3) is 11.3 Å². The summed E-state index contributed by atoms with van der Waals surface area (Å²) in [7, 11) is 1.68. The van der Waals surface area contributed by atoms with Gasteiger partial charge in [-0.25, -0.2) is 0 Å². The number of aromatic nitrogens is 3. The highest BCUT2D eigenvalue weighted by Gasteiger charge is 2.12. The van der Waals surface area contributed by atoms with Crippen molar-refractivity contribution < 1.29 is 4.52 Å². The highest BCUT2D eigenvalue weighted by Crippen LogP contribution is 2.10.